The van der Waals surface area contributed by atoms with Gasteiger partial charge in [0.05, 0.1) is 18.1 Å². The van der Waals surface area contributed by atoms with Gasteiger partial charge in [0.15, 0.2) is 0 Å². The van der Waals surface area contributed by atoms with E-state index in [1.807, 2.05) is 31.2 Å². The first-order valence-corrected chi connectivity index (χ1v) is 6.94. The van der Waals surface area contributed by atoms with Crippen LogP contribution in [-0.4, -0.2) is 39.5 Å². The van der Waals surface area contributed by atoms with Crippen LogP contribution < -0.4 is 5.73 Å². The van der Waals surface area contributed by atoms with Crippen LogP contribution in [0.4, 0.5) is 4.39 Å². The lowest BCUT2D eigenvalue weighted by Gasteiger charge is -2.20. The molecule has 2 heterocycles. The number of aryl methyl sites for hydroxylation is 1. The molecule has 5 nitrogen and oxygen atoms in total. The molecule has 1 aliphatic rings. The average molecular weight is 288 g/mol. The fourth-order valence-electron chi connectivity index (χ4n) is 2.87. The van der Waals surface area contributed by atoms with Crippen LogP contribution in [-0.2, 0) is 11.3 Å². The second-order valence-corrected chi connectivity index (χ2v) is 5.42. The molecular formula is C15H17FN4O. The zero-order chi connectivity index (χ0) is 15.0. The highest BCUT2D eigenvalue weighted by molar-refractivity contribution is 5.81. The highest BCUT2D eigenvalue weighted by Gasteiger charge is 2.36. The first-order chi connectivity index (χ1) is 10.0. The number of hydrogen-bond donors (Lipinski definition) is 1. The second kappa shape index (κ2) is 5.37. The van der Waals surface area contributed by atoms with Crippen molar-refractivity contribution >= 4 is 16.8 Å². The van der Waals surface area contributed by atoms with Crippen LogP contribution in [0, 0.1) is 6.92 Å². The molecule has 1 aromatic carbocycles. The van der Waals surface area contributed by atoms with Crippen molar-refractivity contribution in [3.05, 3.63) is 35.8 Å². The number of carbonyl (C=O) groups excluding carboxylic acids is 1. The van der Waals surface area contributed by atoms with Gasteiger partial charge in [-0.1, -0.05) is 18.2 Å². The molecule has 0 bridgehead atoms. The second-order valence-electron chi connectivity index (χ2n) is 5.42. The van der Waals surface area contributed by atoms with Gasteiger partial charge >= 0.3 is 0 Å². The third-order valence-electron chi connectivity index (χ3n) is 3.87. The number of nitrogens with two attached hydrogens (primary N) is 1. The maximum absolute atomic E-state index is 13.5. The van der Waals surface area contributed by atoms with E-state index >= 15 is 0 Å². The van der Waals surface area contributed by atoms with Gasteiger partial charge in [-0.2, -0.15) is 0 Å². The van der Waals surface area contributed by atoms with Crippen LogP contribution in [0.25, 0.3) is 10.9 Å². The van der Waals surface area contributed by atoms with Gasteiger partial charge in [0, 0.05) is 24.0 Å². The molecule has 1 saturated heterocycles. The number of likely N-dealkylation sites (tertiary alicyclic amines) is 1. The van der Waals surface area contributed by atoms with Crippen molar-refractivity contribution in [3.8, 4) is 0 Å². The van der Waals surface area contributed by atoms with Crippen LogP contribution in [0.2, 0.25) is 0 Å². The summed E-state index contributed by atoms with van der Waals surface area (Å²) in [6.07, 6.45) is -0.869. The Morgan fingerprint density at radius 1 is 1.43 bits per heavy atom. The lowest BCUT2D eigenvalue weighted by atomic mass is 10.2. The molecule has 0 saturated carbocycles. The molecule has 2 atom stereocenters. The summed E-state index contributed by atoms with van der Waals surface area (Å²) in [4.78, 5) is 22.1. The molecule has 6 heteroatoms. The van der Waals surface area contributed by atoms with E-state index in [0.29, 0.717) is 12.4 Å². The van der Waals surface area contributed by atoms with Gasteiger partial charge in [0.1, 0.15) is 12.0 Å². The molecule has 2 N–H and O–H groups in total. The maximum Gasteiger partial charge on any atom is 0.234 e. The van der Waals surface area contributed by atoms with Crippen molar-refractivity contribution in [2.45, 2.75) is 32.1 Å². The summed E-state index contributed by atoms with van der Waals surface area (Å²) >= 11 is 0. The van der Waals surface area contributed by atoms with E-state index in [4.69, 9.17) is 5.73 Å². The van der Waals surface area contributed by atoms with Crippen molar-refractivity contribution < 1.29 is 9.18 Å². The molecule has 1 aromatic heterocycles. The Hall–Kier alpha value is -2.08. The number of aromatic nitrogens is 2. The van der Waals surface area contributed by atoms with Gasteiger partial charge in [-0.3, -0.25) is 9.69 Å². The van der Waals surface area contributed by atoms with Gasteiger partial charge in [-0.05, 0) is 13.0 Å². The smallest absolute Gasteiger partial charge is 0.234 e. The first kappa shape index (κ1) is 13.9. The fraction of sp³-hybridized carbons (Fsp3) is 0.400. The lowest BCUT2D eigenvalue weighted by molar-refractivity contribution is -0.122. The third kappa shape index (κ3) is 2.71. The molecule has 0 aliphatic carbocycles. The number of primary amides is 1. The summed E-state index contributed by atoms with van der Waals surface area (Å²) in [6, 6.07) is 7.17. The summed E-state index contributed by atoms with van der Waals surface area (Å²) in [6.45, 7) is 2.45. The molecule has 2 aromatic rings. The van der Waals surface area contributed by atoms with E-state index in [9.17, 15) is 9.18 Å². The quantitative estimate of drug-likeness (QED) is 0.925. The van der Waals surface area contributed by atoms with Gasteiger partial charge in [-0.15, -0.1) is 0 Å². The van der Waals surface area contributed by atoms with Crippen LogP contribution in [0.3, 0.4) is 0 Å². The minimum absolute atomic E-state index is 0.155. The lowest BCUT2D eigenvalue weighted by Crippen LogP contribution is -2.40. The molecule has 1 aliphatic heterocycles. The van der Waals surface area contributed by atoms with Gasteiger partial charge in [-0.25, -0.2) is 14.4 Å². The number of hydrogen-bond acceptors (Lipinski definition) is 4. The average Bonchev–Trinajstić information content (AvgIpc) is 2.80. The molecular weight excluding hydrogens is 271 g/mol. The summed E-state index contributed by atoms with van der Waals surface area (Å²) in [7, 11) is 0. The van der Waals surface area contributed by atoms with Gasteiger partial charge in [0.25, 0.3) is 0 Å². The van der Waals surface area contributed by atoms with Crippen molar-refractivity contribution in [2.24, 2.45) is 5.73 Å². The Kier molecular flexibility index (Phi) is 3.55. The molecule has 3 rings (SSSR count). The molecule has 1 fully saturated rings. The van der Waals surface area contributed by atoms with Crippen LogP contribution in [0.5, 0.6) is 0 Å². The summed E-state index contributed by atoms with van der Waals surface area (Å²) in [5.41, 5.74) is 7.07. The Labute approximate surface area is 122 Å². The predicted molar refractivity (Wildman–Crippen MR) is 77.2 cm³/mol. The normalized spacial score (nSPS) is 22.8. The number of fused-ring (bicyclic) bond motifs is 1. The first-order valence-electron chi connectivity index (χ1n) is 6.94. The molecule has 21 heavy (non-hydrogen) atoms. The van der Waals surface area contributed by atoms with Crippen LogP contribution in [0.1, 0.15) is 17.9 Å². The molecule has 0 radical (unpaired) electrons. The largest absolute Gasteiger partial charge is 0.368 e. The SMILES string of the molecule is Cc1nc(CN2C[C@H](F)C[C@H]2C(N)=O)nc2ccccc12. The minimum Gasteiger partial charge on any atom is -0.368 e. The summed E-state index contributed by atoms with van der Waals surface area (Å²) in [5.74, 6) is 0.0965. The molecule has 110 valence electrons. The van der Waals surface area contributed by atoms with Crippen molar-refractivity contribution in [2.75, 3.05) is 6.54 Å². The van der Waals surface area contributed by atoms with Crippen molar-refractivity contribution in [3.63, 3.8) is 0 Å². The highest BCUT2D eigenvalue weighted by Crippen LogP contribution is 2.22. The van der Waals surface area contributed by atoms with E-state index in [1.165, 1.54) is 0 Å². The Balaban J connectivity index is 1.89. The number of alkyl halides is 1. The monoisotopic (exact) mass is 288 g/mol. The van der Waals surface area contributed by atoms with E-state index in [1.54, 1.807) is 4.90 Å². The number of halogens is 1. The van der Waals surface area contributed by atoms with Crippen molar-refractivity contribution in [1.82, 2.24) is 14.9 Å². The van der Waals surface area contributed by atoms with E-state index in [2.05, 4.69) is 9.97 Å². The predicted octanol–water partition coefficient (Wildman–Crippen LogP) is 1.34. The van der Waals surface area contributed by atoms with Crippen molar-refractivity contribution in [1.29, 1.82) is 0 Å². The van der Waals surface area contributed by atoms with E-state index in [-0.39, 0.29) is 13.0 Å². The Bertz CT molecular complexity index is 690. The van der Waals surface area contributed by atoms with E-state index in [0.717, 1.165) is 16.6 Å². The number of rotatable bonds is 3. The fourth-order valence-corrected chi connectivity index (χ4v) is 2.87. The van der Waals surface area contributed by atoms with Gasteiger partial charge < -0.3 is 5.73 Å². The standard InChI is InChI=1S/C15H17FN4O/c1-9-11-4-2-3-5-12(11)19-14(18-9)8-20-7-10(16)6-13(20)15(17)21/h2-5,10,13H,6-8H2,1H3,(H2,17,21)/t10-,13+/m1/s1. The number of carbonyl (C=O) groups is 1. The molecule has 1 amide bonds. The summed E-state index contributed by atoms with van der Waals surface area (Å²) in [5, 5.41) is 0.998. The van der Waals surface area contributed by atoms with Crippen LogP contribution >= 0.6 is 0 Å². The number of benzene rings is 1. The zero-order valence-corrected chi connectivity index (χ0v) is 11.8. The Morgan fingerprint density at radius 2 is 2.19 bits per heavy atom. The molecule has 0 spiro atoms. The highest BCUT2D eigenvalue weighted by atomic mass is 19.1. The maximum atomic E-state index is 13.5. The Morgan fingerprint density at radius 3 is 2.95 bits per heavy atom. The zero-order valence-electron chi connectivity index (χ0n) is 11.8. The number of amides is 1. The third-order valence-corrected chi connectivity index (χ3v) is 3.87. The van der Waals surface area contributed by atoms with Gasteiger partial charge in [0.2, 0.25) is 5.91 Å². The number of nitrogens with zero attached hydrogens (tertiary/aromatic N) is 3. The topological polar surface area (TPSA) is 72.1 Å². The minimum atomic E-state index is -1.02. The molecule has 0 unspecified atom stereocenters. The van der Waals surface area contributed by atoms with E-state index < -0.39 is 18.1 Å². The van der Waals surface area contributed by atoms with Crippen LogP contribution in [0.15, 0.2) is 24.3 Å². The summed E-state index contributed by atoms with van der Waals surface area (Å²) < 4.78 is 13.5. The number of para-hydroxylation sites is 1.